The van der Waals surface area contributed by atoms with Gasteiger partial charge in [-0.15, -0.1) is 0 Å². The van der Waals surface area contributed by atoms with Gasteiger partial charge in [0.1, 0.15) is 6.17 Å². The lowest BCUT2D eigenvalue weighted by atomic mass is 10.2. The first-order chi connectivity index (χ1) is 8.70. The number of nitrogens with one attached hydrogen (secondary N) is 1. The van der Waals surface area contributed by atoms with Crippen LogP contribution in [0.2, 0.25) is 0 Å². The zero-order chi connectivity index (χ0) is 12.7. The summed E-state index contributed by atoms with van der Waals surface area (Å²) in [5, 5.41) is 7.70. The van der Waals surface area contributed by atoms with Gasteiger partial charge in [0.25, 0.3) is 0 Å². The lowest BCUT2D eigenvalue weighted by Gasteiger charge is -2.23. The second-order valence-corrected chi connectivity index (χ2v) is 6.33. The topological polar surface area (TPSA) is 32.3 Å². The van der Waals surface area contributed by atoms with E-state index in [1.165, 1.54) is 12.0 Å². The molecule has 98 valence electrons. The van der Waals surface area contributed by atoms with Gasteiger partial charge >= 0.3 is 0 Å². The average molecular weight is 264 g/mol. The highest BCUT2D eigenvalue weighted by atomic mass is 32.1. The summed E-state index contributed by atoms with van der Waals surface area (Å²) in [6, 6.07) is 2.13. The van der Waals surface area contributed by atoms with Crippen LogP contribution in [0.25, 0.3) is 0 Å². The van der Waals surface area contributed by atoms with Crippen LogP contribution in [0, 0.1) is 11.8 Å². The van der Waals surface area contributed by atoms with Crippen LogP contribution in [0.5, 0.6) is 0 Å². The number of carbonyl (C=O) groups excluding carboxylic acids is 1. The third-order valence-corrected chi connectivity index (χ3v) is 4.93. The highest BCUT2D eigenvalue weighted by molar-refractivity contribution is 7.07. The number of hydrogen-bond acceptors (Lipinski definition) is 3. The van der Waals surface area contributed by atoms with E-state index in [0.717, 1.165) is 18.9 Å². The third-order valence-electron chi connectivity index (χ3n) is 4.23. The molecule has 3 nitrogen and oxygen atoms in total. The van der Waals surface area contributed by atoms with Crippen LogP contribution in [-0.2, 0) is 4.79 Å². The highest BCUT2D eigenvalue weighted by Gasteiger charge is 2.43. The summed E-state index contributed by atoms with van der Waals surface area (Å²) in [6.45, 7) is 5.27. The first kappa shape index (κ1) is 12.2. The molecule has 1 saturated carbocycles. The first-order valence-corrected chi connectivity index (χ1v) is 7.73. The molecule has 0 spiro atoms. The van der Waals surface area contributed by atoms with E-state index in [9.17, 15) is 4.79 Å². The standard InChI is InChI=1S/C14H20N2OS/c1-3-12-14(17)16(7-11-6-9(11)2)13(15-12)10-4-5-18-8-10/h4-5,8-9,11-13,15H,3,6-7H2,1-2H3. The maximum atomic E-state index is 12.4. The molecular weight excluding hydrogens is 244 g/mol. The van der Waals surface area contributed by atoms with Crippen LogP contribution in [0.3, 0.4) is 0 Å². The predicted molar refractivity (Wildman–Crippen MR) is 73.3 cm³/mol. The zero-order valence-corrected chi connectivity index (χ0v) is 11.7. The van der Waals surface area contributed by atoms with Gasteiger partial charge in [0, 0.05) is 6.54 Å². The molecule has 18 heavy (non-hydrogen) atoms. The minimum Gasteiger partial charge on any atom is -0.321 e. The van der Waals surface area contributed by atoms with E-state index in [2.05, 4.69) is 40.9 Å². The highest BCUT2D eigenvalue weighted by Crippen LogP contribution is 2.40. The lowest BCUT2D eigenvalue weighted by molar-refractivity contribution is -0.130. The summed E-state index contributed by atoms with van der Waals surface area (Å²) in [7, 11) is 0. The molecule has 4 atom stereocenters. The molecule has 2 heterocycles. The van der Waals surface area contributed by atoms with E-state index in [-0.39, 0.29) is 18.1 Å². The molecule has 0 radical (unpaired) electrons. The van der Waals surface area contributed by atoms with Crippen molar-refractivity contribution in [1.29, 1.82) is 0 Å². The van der Waals surface area contributed by atoms with Crippen LogP contribution in [-0.4, -0.2) is 23.4 Å². The van der Waals surface area contributed by atoms with Crippen LogP contribution < -0.4 is 5.32 Å². The van der Waals surface area contributed by atoms with Gasteiger partial charge in [-0.05, 0) is 47.1 Å². The SMILES string of the molecule is CCC1NC(c2ccsc2)N(CC2CC2C)C1=O. The van der Waals surface area contributed by atoms with Gasteiger partial charge in [-0.3, -0.25) is 10.1 Å². The van der Waals surface area contributed by atoms with Gasteiger partial charge in [0.15, 0.2) is 0 Å². The second-order valence-electron chi connectivity index (χ2n) is 5.55. The van der Waals surface area contributed by atoms with Crippen molar-refractivity contribution in [2.75, 3.05) is 6.54 Å². The Morgan fingerprint density at radius 1 is 1.56 bits per heavy atom. The Kier molecular flexibility index (Phi) is 3.16. The van der Waals surface area contributed by atoms with E-state index in [4.69, 9.17) is 0 Å². The minimum atomic E-state index is 0.00366. The zero-order valence-electron chi connectivity index (χ0n) is 10.9. The number of nitrogens with zero attached hydrogens (tertiary/aromatic N) is 1. The summed E-state index contributed by atoms with van der Waals surface area (Å²) in [6.07, 6.45) is 2.24. The normalized spacial score (nSPS) is 35.2. The van der Waals surface area contributed by atoms with Crippen LogP contribution in [0.4, 0.5) is 0 Å². The van der Waals surface area contributed by atoms with Crippen molar-refractivity contribution in [1.82, 2.24) is 10.2 Å². The molecule has 1 aliphatic heterocycles. The minimum absolute atomic E-state index is 0.00366. The van der Waals surface area contributed by atoms with E-state index in [1.807, 2.05) is 0 Å². The fourth-order valence-electron chi connectivity index (χ4n) is 2.78. The molecule has 1 aliphatic carbocycles. The largest absolute Gasteiger partial charge is 0.321 e. The van der Waals surface area contributed by atoms with E-state index in [1.54, 1.807) is 11.3 Å². The molecule has 0 bridgehead atoms. The van der Waals surface area contributed by atoms with E-state index >= 15 is 0 Å². The summed E-state index contributed by atoms with van der Waals surface area (Å²) in [5.74, 6) is 1.79. The monoisotopic (exact) mass is 264 g/mol. The van der Waals surface area contributed by atoms with Crippen LogP contribution in [0.15, 0.2) is 16.8 Å². The van der Waals surface area contributed by atoms with Crippen molar-refractivity contribution >= 4 is 17.2 Å². The molecule has 1 aromatic rings. The molecule has 2 aliphatic rings. The van der Waals surface area contributed by atoms with Crippen LogP contribution >= 0.6 is 11.3 Å². The molecule has 0 aromatic carbocycles. The van der Waals surface area contributed by atoms with Crippen molar-refractivity contribution in [3.63, 3.8) is 0 Å². The fraction of sp³-hybridized carbons (Fsp3) is 0.643. The summed E-state index contributed by atoms with van der Waals surface area (Å²) in [5.41, 5.74) is 1.23. The molecule has 1 saturated heterocycles. The number of carbonyl (C=O) groups is 1. The Hall–Kier alpha value is -0.870. The second kappa shape index (κ2) is 4.67. The molecule has 4 unspecified atom stereocenters. The Balaban J connectivity index is 1.79. The first-order valence-electron chi connectivity index (χ1n) is 6.79. The quantitative estimate of drug-likeness (QED) is 0.906. The Morgan fingerprint density at radius 2 is 2.33 bits per heavy atom. The Bertz CT molecular complexity index is 431. The van der Waals surface area contributed by atoms with Crippen LogP contribution in [0.1, 0.15) is 38.4 Å². The van der Waals surface area contributed by atoms with E-state index in [0.29, 0.717) is 5.92 Å². The number of thiophene rings is 1. The van der Waals surface area contributed by atoms with E-state index < -0.39 is 0 Å². The lowest BCUT2D eigenvalue weighted by Crippen LogP contribution is -2.32. The van der Waals surface area contributed by atoms with Crippen molar-refractivity contribution in [2.45, 2.75) is 38.9 Å². The number of hydrogen-bond donors (Lipinski definition) is 1. The summed E-state index contributed by atoms with van der Waals surface area (Å²) >= 11 is 1.70. The molecule has 4 heteroatoms. The molecule has 1 amide bonds. The predicted octanol–water partition coefficient (Wildman–Crippen LogP) is 2.61. The van der Waals surface area contributed by atoms with Gasteiger partial charge in [0.05, 0.1) is 6.04 Å². The van der Waals surface area contributed by atoms with Crippen molar-refractivity contribution in [3.05, 3.63) is 22.4 Å². The van der Waals surface area contributed by atoms with Gasteiger partial charge < -0.3 is 4.90 Å². The maximum absolute atomic E-state index is 12.4. The Labute approximate surface area is 112 Å². The summed E-state index contributed by atoms with van der Waals surface area (Å²) in [4.78, 5) is 14.4. The van der Waals surface area contributed by atoms with Crippen molar-refractivity contribution in [3.8, 4) is 0 Å². The molecule has 3 rings (SSSR count). The molecule has 1 N–H and O–H groups in total. The Morgan fingerprint density at radius 3 is 2.89 bits per heavy atom. The number of amides is 1. The smallest absolute Gasteiger partial charge is 0.241 e. The number of rotatable bonds is 4. The van der Waals surface area contributed by atoms with Crippen molar-refractivity contribution in [2.24, 2.45) is 11.8 Å². The molecule has 2 fully saturated rings. The summed E-state index contributed by atoms with van der Waals surface area (Å²) < 4.78 is 0. The van der Waals surface area contributed by atoms with Gasteiger partial charge in [-0.25, -0.2) is 0 Å². The van der Waals surface area contributed by atoms with Gasteiger partial charge in [-0.2, -0.15) is 11.3 Å². The van der Waals surface area contributed by atoms with Crippen molar-refractivity contribution < 1.29 is 4.79 Å². The molecule has 1 aromatic heterocycles. The maximum Gasteiger partial charge on any atom is 0.241 e. The molecular formula is C14H20N2OS. The van der Waals surface area contributed by atoms with Gasteiger partial charge in [0.2, 0.25) is 5.91 Å². The van der Waals surface area contributed by atoms with Gasteiger partial charge in [-0.1, -0.05) is 13.8 Å². The average Bonchev–Trinajstić information content (AvgIpc) is 2.81. The third kappa shape index (κ3) is 2.08. The fourth-order valence-corrected chi connectivity index (χ4v) is 3.46.